The summed E-state index contributed by atoms with van der Waals surface area (Å²) >= 11 is 0. The van der Waals surface area contributed by atoms with Gasteiger partial charge in [0.15, 0.2) is 0 Å². The number of hydrogen-bond acceptors (Lipinski definition) is 2. The molecule has 1 fully saturated rings. The minimum atomic E-state index is -0.885. The Morgan fingerprint density at radius 2 is 2.06 bits per heavy atom. The predicted molar refractivity (Wildman–Crippen MR) is 65.7 cm³/mol. The highest BCUT2D eigenvalue weighted by atomic mass is 16.4. The number of carbonyl (C=O) groups is 2. The second kappa shape index (κ2) is 6.42. The summed E-state index contributed by atoms with van der Waals surface area (Å²) in [4.78, 5) is 24.9. The summed E-state index contributed by atoms with van der Waals surface area (Å²) in [5.41, 5.74) is 0.653. The molecule has 0 saturated carbocycles. The van der Waals surface area contributed by atoms with Gasteiger partial charge in [-0.1, -0.05) is 25.8 Å². The highest BCUT2D eigenvalue weighted by Crippen LogP contribution is 2.19. The Morgan fingerprint density at radius 3 is 2.65 bits per heavy atom. The lowest BCUT2D eigenvalue weighted by Gasteiger charge is -2.27. The number of likely N-dealkylation sites (tertiary alicyclic amines) is 1. The van der Waals surface area contributed by atoms with Gasteiger partial charge in [0.05, 0.1) is 0 Å². The van der Waals surface area contributed by atoms with Crippen LogP contribution >= 0.6 is 0 Å². The molecule has 0 aliphatic carbocycles. The third-order valence-electron chi connectivity index (χ3n) is 3.15. The number of hydrogen-bond donors (Lipinski definition) is 1. The van der Waals surface area contributed by atoms with Gasteiger partial charge in [0, 0.05) is 12.1 Å². The summed E-state index contributed by atoms with van der Waals surface area (Å²) in [6.07, 6.45) is 6.01. The van der Waals surface area contributed by atoms with E-state index >= 15 is 0 Å². The second-order valence-corrected chi connectivity index (χ2v) is 4.50. The van der Waals surface area contributed by atoms with Crippen molar-refractivity contribution in [3.63, 3.8) is 0 Å². The fraction of sp³-hybridized carbons (Fsp3) is 0.692. The van der Waals surface area contributed by atoms with Gasteiger partial charge in [0.25, 0.3) is 0 Å². The van der Waals surface area contributed by atoms with Crippen molar-refractivity contribution in [3.05, 3.63) is 11.6 Å². The number of carboxylic acid groups (broad SMARTS) is 1. The van der Waals surface area contributed by atoms with E-state index < -0.39 is 12.0 Å². The van der Waals surface area contributed by atoms with E-state index in [1.165, 1.54) is 4.90 Å². The Morgan fingerprint density at radius 1 is 1.35 bits per heavy atom. The third-order valence-corrected chi connectivity index (χ3v) is 3.15. The summed E-state index contributed by atoms with van der Waals surface area (Å²) in [6.45, 7) is 4.29. The highest BCUT2D eigenvalue weighted by molar-refractivity contribution is 5.95. The molecular formula is C13H21NO3. The zero-order valence-corrected chi connectivity index (χ0v) is 10.6. The van der Waals surface area contributed by atoms with Crippen molar-refractivity contribution in [2.24, 2.45) is 0 Å². The van der Waals surface area contributed by atoms with Crippen molar-refractivity contribution in [1.82, 2.24) is 4.90 Å². The fourth-order valence-corrected chi connectivity index (χ4v) is 2.23. The average molecular weight is 239 g/mol. The van der Waals surface area contributed by atoms with Crippen LogP contribution in [0.3, 0.4) is 0 Å². The van der Waals surface area contributed by atoms with Crippen LogP contribution < -0.4 is 0 Å². The van der Waals surface area contributed by atoms with E-state index in [-0.39, 0.29) is 5.91 Å². The molecular weight excluding hydrogens is 218 g/mol. The molecule has 1 rings (SSSR count). The first kappa shape index (κ1) is 13.7. The Bertz CT molecular complexity index is 323. The maximum Gasteiger partial charge on any atom is 0.326 e. The molecule has 17 heavy (non-hydrogen) atoms. The molecule has 1 unspecified atom stereocenters. The molecule has 0 bridgehead atoms. The summed E-state index contributed by atoms with van der Waals surface area (Å²) in [5.74, 6) is -1.01. The molecule has 1 saturated heterocycles. The first-order chi connectivity index (χ1) is 8.07. The van der Waals surface area contributed by atoms with Crippen LogP contribution in [0.1, 0.15) is 46.0 Å². The van der Waals surface area contributed by atoms with Crippen molar-refractivity contribution in [2.45, 2.75) is 52.0 Å². The van der Waals surface area contributed by atoms with Crippen LogP contribution in [0.4, 0.5) is 0 Å². The lowest BCUT2D eigenvalue weighted by atomic mass is 10.1. The zero-order chi connectivity index (χ0) is 12.8. The molecule has 1 atom stereocenters. The molecule has 1 aliphatic heterocycles. The quantitative estimate of drug-likeness (QED) is 0.768. The number of rotatable bonds is 3. The molecule has 0 spiro atoms. The number of allylic oxidation sites excluding steroid dienone is 1. The molecule has 1 N–H and O–H groups in total. The van der Waals surface area contributed by atoms with Crippen LogP contribution in [0.15, 0.2) is 11.6 Å². The van der Waals surface area contributed by atoms with Crippen molar-refractivity contribution >= 4 is 11.9 Å². The van der Waals surface area contributed by atoms with Gasteiger partial charge >= 0.3 is 5.97 Å². The Balaban J connectivity index is 2.86. The zero-order valence-electron chi connectivity index (χ0n) is 10.6. The normalized spacial score (nSPS) is 22.1. The standard InChI is InChI=1S/C13H21NO3/c1-3-7-10(2)12(15)14-9-6-4-5-8-11(14)13(16)17/h7,11H,3-6,8-9H2,1-2H3,(H,16,17). The minimum Gasteiger partial charge on any atom is -0.480 e. The van der Waals surface area contributed by atoms with E-state index in [1.54, 1.807) is 6.92 Å². The van der Waals surface area contributed by atoms with Crippen molar-refractivity contribution < 1.29 is 14.7 Å². The lowest BCUT2D eigenvalue weighted by molar-refractivity contribution is -0.148. The first-order valence-corrected chi connectivity index (χ1v) is 6.28. The van der Waals surface area contributed by atoms with Gasteiger partial charge in [-0.15, -0.1) is 0 Å². The average Bonchev–Trinajstić information content (AvgIpc) is 2.53. The maximum absolute atomic E-state index is 12.1. The Hall–Kier alpha value is -1.32. The van der Waals surface area contributed by atoms with Gasteiger partial charge < -0.3 is 10.0 Å². The highest BCUT2D eigenvalue weighted by Gasteiger charge is 2.30. The van der Waals surface area contributed by atoms with E-state index in [2.05, 4.69) is 0 Å². The van der Waals surface area contributed by atoms with Crippen LogP contribution in [-0.2, 0) is 9.59 Å². The van der Waals surface area contributed by atoms with Crippen LogP contribution in [0.2, 0.25) is 0 Å². The van der Waals surface area contributed by atoms with Crippen LogP contribution in [-0.4, -0.2) is 34.5 Å². The van der Waals surface area contributed by atoms with E-state index in [1.807, 2.05) is 13.0 Å². The smallest absolute Gasteiger partial charge is 0.326 e. The van der Waals surface area contributed by atoms with E-state index in [9.17, 15) is 14.7 Å². The minimum absolute atomic E-state index is 0.124. The molecule has 0 aromatic heterocycles. The molecule has 4 nitrogen and oxygen atoms in total. The predicted octanol–water partition coefficient (Wildman–Crippen LogP) is 2.20. The molecule has 1 aliphatic rings. The van der Waals surface area contributed by atoms with E-state index in [0.717, 1.165) is 25.7 Å². The van der Waals surface area contributed by atoms with Gasteiger partial charge in [0.1, 0.15) is 6.04 Å². The number of aliphatic carboxylic acids is 1. The van der Waals surface area contributed by atoms with Crippen molar-refractivity contribution in [3.8, 4) is 0 Å². The van der Waals surface area contributed by atoms with Gasteiger partial charge in [-0.2, -0.15) is 0 Å². The first-order valence-electron chi connectivity index (χ1n) is 6.28. The molecule has 96 valence electrons. The number of amides is 1. The summed E-state index contributed by atoms with van der Waals surface area (Å²) < 4.78 is 0. The molecule has 1 heterocycles. The summed E-state index contributed by atoms with van der Waals surface area (Å²) in [7, 11) is 0. The molecule has 0 radical (unpaired) electrons. The van der Waals surface area contributed by atoms with Gasteiger partial charge in [-0.05, 0) is 26.2 Å². The third kappa shape index (κ3) is 3.58. The maximum atomic E-state index is 12.1. The monoisotopic (exact) mass is 239 g/mol. The van der Waals surface area contributed by atoms with Gasteiger partial charge in [0.2, 0.25) is 5.91 Å². The van der Waals surface area contributed by atoms with Crippen LogP contribution in [0, 0.1) is 0 Å². The van der Waals surface area contributed by atoms with Gasteiger partial charge in [-0.3, -0.25) is 4.79 Å². The number of carbonyl (C=O) groups excluding carboxylic acids is 1. The van der Waals surface area contributed by atoms with E-state index in [0.29, 0.717) is 18.5 Å². The Kier molecular flexibility index (Phi) is 5.19. The summed E-state index contributed by atoms with van der Waals surface area (Å²) in [5, 5.41) is 9.18. The van der Waals surface area contributed by atoms with E-state index in [4.69, 9.17) is 0 Å². The second-order valence-electron chi connectivity index (χ2n) is 4.50. The largest absolute Gasteiger partial charge is 0.480 e. The summed E-state index contributed by atoms with van der Waals surface area (Å²) in [6, 6.07) is -0.648. The lowest BCUT2D eigenvalue weighted by Crippen LogP contribution is -2.45. The Labute approximate surface area is 102 Å². The van der Waals surface area contributed by atoms with Crippen LogP contribution in [0.5, 0.6) is 0 Å². The molecule has 4 heteroatoms. The van der Waals surface area contributed by atoms with Crippen LogP contribution in [0.25, 0.3) is 0 Å². The number of carboxylic acids is 1. The van der Waals surface area contributed by atoms with Gasteiger partial charge in [-0.25, -0.2) is 4.79 Å². The topological polar surface area (TPSA) is 57.6 Å². The van der Waals surface area contributed by atoms with Crippen molar-refractivity contribution in [2.75, 3.05) is 6.54 Å². The molecule has 0 aromatic carbocycles. The number of nitrogens with zero attached hydrogens (tertiary/aromatic N) is 1. The SMILES string of the molecule is CCC=C(C)C(=O)N1CCCCCC1C(=O)O. The molecule has 1 amide bonds. The fourth-order valence-electron chi connectivity index (χ4n) is 2.23. The molecule has 0 aromatic rings. The van der Waals surface area contributed by atoms with Crippen molar-refractivity contribution in [1.29, 1.82) is 0 Å².